The maximum atomic E-state index is 13.0. The third-order valence-corrected chi connectivity index (χ3v) is 5.99. The Morgan fingerprint density at radius 2 is 1.75 bits per heavy atom. The molecule has 0 fully saturated rings. The van der Waals surface area contributed by atoms with E-state index >= 15 is 0 Å². The standard InChI is InChI=1S/C29H24ClN5O5/c1-34(2)21-12-10-19(11-13-21)16-26(32-28(36)24-8-3-4-9-25(24)30)29(37)33-31-18-23-14-15-27(40-23)20-6-5-7-22(17-20)35(38)39/h3-18H,1-2H3,(H,32,36)(H,33,37)/b26-16+,31-18?. The molecule has 4 aromatic rings. The number of carbonyl (C=O) groups is 2. The van der Waals surface area contributed by atoms with Gasteiger partial charge in [-0.1, -0.05) is 48.0 Å². The fraction of sp³-hybridized carbons (Fsp3) is 0.0690. The molecular formula is C29H24ClN5O5. The molecule has 10 nitrogen and oxygen atoms in total. The molecule has 0 saturated heterocycles. The number of nitro benzene ring substituents is 1. The Balaban J connectivity index is 1.52. The second-order valence-electron chi connectivity index (χ2n) is 8.69. The summed E-state index contributed by atoms with van der Waals surface area (Å²) in [5.41, 5.74) is 4.63. The van der Waals surface area contributed by atoms with Crippen molar-refractivity contribution in [3.8, 4) is 11.3 Å². The van der Waals surface area contributed by atoms with Crippen molar-refractivity contribution in [2.45, 2.75) is 0 Å². The molecule has 0 saturated carbocycles. The molecule has 2 N–H and O–H groups in total. The van der Waals surface area contributed by atoms with Crippen molar-refractivity contribution in [2.75, 3.05) is 19.0 Å². The highest BCUT2D eigenvalue weighted by Crippen LogP contribution is 2.25. The zero-order valence-electron chi connectivity index (χ0n) is 21.5. The highest BCUT2D eigenvalue weighted by molar-refractivity contribution is 6.34. The molecule has 0 unspecified atom stereocenters. The third-order valence-electron chi connectivity index (χ3n) is 5.66. The third kappa shape index (κ3) is 7.00. The van der Waals surface area contributed by atoms with Crippen LogP contribution in [0.4, 0.5) is 11.4 Å². The van der Waals surface area contributed by atoms with Gasteiger partial charge in [0.25, 0.3) is 17.5 Å². The molecule has 0 aliphatic rings. The zero-order valence-corrected chi connectivity index (χ0v) is 22.3. The van der Waals surface area contributed by atoms with Crippen molar-refractivity contribution in [1.82, 2.24) is 10.7 Å². The van der Waals surface area contributed by atoms with Crippen LogP contribution < -0.4 is 15.6 Å². The number of benzene rings is 3. The van der Waals surface area contributed by atoms with Crippen LogP contribution in [0.1, 0.15) is 21.7 Å². The molecule has 202 valence electrons. The summed E-state index contributed by atoms with van der Waals surface area (Å²) in [6.45, 7) is 0. The maximum Gasteiger partial charge on any atom is 0.287 e. The predicted octanol–water partition coefficient (Wildman–Crippen LogP) is 5.50. The number of carbonyl (C=O) groups excluding carboxylic acids is 2. The summed E-state index contributed by atoms with van der Waals surface area (Å²) in [7, 11) is 3.83. The number of hydrazone groups is 1. The molecule has 0 aliphatic heterocycles. The van der Waals surface area contributed by atoms with Crippen LogP contribution >= 0.6 is 11.6 Å². The first-order valence-corrected chi connectivity index (χ1v) is 12.3. The summed E-state index contributed by atoms with van der Waals surface area (Å²) in [4.78, 5) is 38.4. The van der Waals surface area contributed by atoms with Crippen LogP contribution in [-0.2, 0) is 4.79 Å². The maximum absolute atomic E-state index is 13.0. The number of non-ortho nitro benzene ring substituents is 1. The molecule has 40 heavy (non-hydrogen) atoms. The van der Waals surface area contributed by atoms with Crippen LogP contribution in [0, 0.1) is 10.1 Å². The van der Waals surface area contributed by atoms with Crippen molar-refractivity contribution in [2.24, 2.45) is 5.10 Å². The van der Waals surface area contributed by atoms with E-state index in [1.165, 1.54) is 24.4 Å². The Morgan fingerprint density at radius 3 is 2.45 bits per heavy atom. The Hall–Kier alpha value is -5.22. The van der Waals surface area contributed by atoms with Crippen LogP contribution in [-0.4, -0.2) is 37.0 Å². The van der Waals surface area contributed by atoms with E-state index in [-0.39, 0.29) is 22.0 Å². The Bertz CT molecular complexity index is 1610. The summed E-state index contributed by atoms with van der Waals surface area (Å²) >= 11 is 6.16. The van der Waals surface area contributed by atoms with Gasteiger partial charge in [-0.2, -0.15) is 5.10 Å². The number of amides is 2. The topological polar surface area (TPSA) is 130 Å². The highest BCUT2D eigenvalue weighted by atomic mass is 35.5. The van der Waals surface area contributed by atoms with Crippen molar-refractivity contribution in [1.29, 1.82) is 0 Å². The summed E-state index contributed by atoms with van der Waals surface area (Å²) in [6, 6.07) is 23.1. The number of rotatable bonds is 9. The first-order chi connectivity index (χ1) is 19.2. The highest BCUT2D eigenvalue weighted by Gasteiger charge is 2.17. The largest absolute Gasteiger partial charge is 0.455 e. The molecule has 3 aromatic carbocycles. The van der Waals surface area contributed by atoms with E-state index in [1.807, 2.05) is 43.3 Å². The molecule has 1 heterocycles. The van der Waals surface area contributed by atoms with Crippen LogP contribution in [0.2, 0.25) is 5.02 Å². The van der Waals surface area contributed by atoms with Crippen LogP contribution in [0.25, 0.3) is 17.4 Å². The lowest BCUT2D eigenvalue weighted by molar-refractivity contribution is -0.384. The van der Waals surface area contributed by atoms with E-state index in [2.05, 4.69) is 15.8 Å². The number of nitro groups is 1. The van der Waals surface area contributed by atoms with Gasteiger partial charge in [0.2, 0.25) is 0 Å². The summed E-state index contributed by atoms with van der Waals surface area (Å²) in [5, 5.41) is 17.8. The van der Waals surface area contributed by atoms with E-state index in [4.69, 9.17) is 16.0 Å². The van der Waals surface area contributed by atoms with E-state index in [1.54, 1.807) is 48.5 Å². The normalized spacial score (nSPS) is 11.3. The number of anilines is 1. The average molecular weight is 558 g/mol. The van der Waals surface area contributed by atoms with Crippen molar-refractivity contribution < 1.29 is 18.9 Å². The van der Waals surface area contributed by atoms with Crippen LogP contribution in [0.5, 0.6) is 0 Å². The lowest BCUT2D eigenvalue weighted by Gasteiger charge is -2.13. The van der Waals surface area contributed by atoms with Gasteiger partial charge < -0.3 is 14.6 Å². The summed E-state index contributed by atoms with van der Waals surface area (Å²) < 4.78 is 5.68. The molecule has 2 amide bonds. The first-order valence-electron chi connectivity index (χ1n) is 11.9. The van der Waals surface area contributed by atoms with Gasteiger partial charge in [0, 0.05) is 37.5 Å². The van der Waals surface area contributed by atoms with E-state index in [0.717, 1.165) is 5.69 Å². The van der Waals surface area contributed by atoms with Gasteiger partial charge in [0.1, 0.15) is 17.2 Å². The number of hydrogen-bond acceptors (Lipinski definition) is 7. The van der Waals surface area contributed by atoms with Crippen molar-refractivity contribution in [3.63, 3.8) is 0 Å². The lowest BCUT2D eigenvalue weighted by Crippen LogP contribution is -2.33. The number of hydrogen-bond donors (Lipinski definition) is 2. The SMILES string of the molecule is CN(C)c1ccc(/C=C(/NC(=O)c2ccccc2Cl)C(=O)NN=Cc2ccc(-c3cccc([N+](=O)[O-])c3)o2)cc1. The molecule has 0 aliphatic carbocycles. The summed E-state index contributed by atoms with van der Waals surface area (Å²) in [6.07, 6.45) is 2.80. The van der Waals surface area contributed by atoms with E-state index in [9.17, 15) is 19.7 Å². The van der Waals surface area contributed by atoms with E-state index in [0.29, 0.717) is 22.6 Å². The van der Waals surface area contributed by atoms with Gasteiger partial charge >= 0.3 is 0 Å². The van der Waals surface area contributed by atoms with Crippen molar-refractivity contribution in [3.05, 3.63) is 123 Å². The average Bonchev–Trinajstić information content (AvgIpc) is 3.42. The monoisotopic (exact) mass is 557 g/mol. The zero-order chi connectivity index (χ0) is 28.6. The van der Waals surface area contributed by atoms with Gasteiger partial charge in [0.15, 0.2) is 0 Å². The number of nitrogens with zero attached hydrogens (tertiary/aromatic N) is 3. The molecule has 0 atom stereocenters. The van der Waals surface area contributed by atoms with Gasteiger partial charge in [-0.15, -0.1) is 0 Å². The molecule has 0 bridgehead atoms. The Kier molecular flexibility index (Phi) is 8.72. The van der Waals surface area contributed by atoms with Crippen LogP contribution in [0.3, 0.4) is 0 Å². The van der Waals surface area contributed by atoms with Gasteiger partial charge in [-0.3, -0.25) is 19.7 Å². The first kappa shape index (κ1) is 27.8. The number of furan rings is 1. The molecular weight excluding hydrogens is 534 g/mol. The second kappa shape index (κ2) is 12.5. The van der Waals surface area contributed by atoms with Gasteiger partial charge in [0.05, 0.1) is 21.7 Å². The lowest BCUT2D eigenvalue weighted by atomic mass is 10.1. The second-order valence-corrected chi connectivity index (χ2v) is 9.09. The van der Waals surface area contributed by atoms with E-state index < -0.39 is 16.7 Å². The molecule has 11 heteroatoms. The summed E-state index contributed by atoms with van der Waals surface area (Å²) in [5.74, 6) is -0.552. The van der Waals surface area contributed by atoms with Gasteiger partial charge in [-0.05, 0) is 48.0 Å². The minimum absolute atomic E-state index is 0.0589. The smallest absolute Gasteiger partial charge is 0.287 e. The fourth-order valence-electron chi connectivity index (χ4n) is 3.59. The number of halogens is 1. The Labute approximate surface area is 234 Å². The predicted molar refractivity (Wildman–Crippen MR) is 154 cm³/mol. The fourth-order valence-corrected chi connectivity index (χ4v) is 3.82. The molecule has 4 rings (SSSR count). The molecule has 0 spiro atoms. The van der Waals surface area contributed by atoms with Crippen LogP contribution in [0.15, 0.2) is 100 Å². The number of nitrogens with one attached hydrogen (secondary N) is 2. The minimum atomic E-state index is -0.682. The quantitative estimate of drug-likeness (QED) is 0.121. The Morgan fingerprint density at radius 1 is 1.00 bits per heavy atom. The van der Waals surface area contributed by atoms with Gasteiger partial charge in [-0.25, -0.2) is 5.43 Å². The minimum Gasteiger partial charge on any atom is -0.455 e. The van der Waals surface area contributed by atoms with Crippen molar-refractivity contribution >= 4 is 47.1 Å². The molecule has 0 radical (unpaired) electrons. The molecule has 1 aromatic heterocycles.